The molecule has 25 heavy (non-hydrogen) atoms. The highest BCUT2D eigenvalue weighted by Gasteiger charge is 1.95. The van der Waals surface area contributed by atoms with Crippen molar-refractivity contribution in [1.82, 2.24) is 0 Å². The Morgan fingerprint density at radius 1 is 0.760 bits per heavy atom. The molecule has 0 spiro atoms. The minimum absolute atomic E-state index is 0.332. The molecule has 0 aliphatic carbocycles. The molecular weight excluding hydrogens is 344 g/mol. The molecule has 0 saturated carbocycles. The minimum Gasteiger partial charge on any atom is -0.481 e. The van der Waals surface area contributed by atoms with Gasteiger partial charge < -0.3 is 5.11 Å². The molecule has 6 nitrogen and oxygen atoms in total. The first kappa shape index (κ1) is 26.3. The Morgan fingerprint density at radius 3 is 1.52 bits per heavy atom. The number of rotatable bonds is 15. The van der Waals surface area contributed by atoms with Crippen molar-refractivity contribution in [3.63, 3.8) is 0 Å². The lowest BCUT2D eigenvalue weighted by Gasteiger charge is -1.99. The highest BCUT2D eigenvalue weighted by atomic mass is 32.3. The molecule has 0 heterocycles. The molecule has 0 atom stereocenters. The Kier molecular flexibility index (Phi) is 20.4. The summed E-state index contributed by atoms with van der Waals surface area (Å²) in [6.45, 7) is 2.26. The van der Waals surface area contributed by atoms with E-state index < -0.39 is 16.4 Å². The standard InChI is InChI=1S/C18H34O2.H2O4S/c1-2-3-4-5-6-7-8-9-10-11-12-13-14-15-16-17-18(19)20;1-5(2,3)4/h9-10H,2-8,11-17H2,1H3,(H,19,20);(H2,1,2,3,4). The lowest BCUT2D eigenvalue weighted by atomic mass is 10.1. The number of carboxylic acid groups (broad SMARTS) is 1. The number of allylic oxidation sites excluding steroid dienone is 2. The zero-order valence-corrected chi connectivity index (χ0v) is 16.3. The minimum atomic E-state index is -4.67. The Morgan fingerprint density at radius 2 is 1.12 bits per heavy atom. The molecule has 0 amide bonds. The van der Waals surface area contributed by atoms with Crippen molar-refractivity contribution >= 4 is 16.4 Å². The number of carboxylic acids is 1. The summed E-state index contributed by atoms with van der Waals surface area (Å²) in [7, 11) is -4.67. The Bertz CT molecular complexity index is 409. The molecule has 150 valence electrons. The van der Waals surface area contributed by atoms with Crippen LogP contribution in [-0.2, 0) is 15.2 Å². The van der Waals surface area contributed by atoms with Crippen LogP contribution in [0.2, 0.25) is 0 Å². The van der Waals surface area contributed by atoms with E-state index in [1.165, 1.54) is 70.6 Å². The van der Waals surface area contributed by atoms with Gasteiger partial charge >= 0.3 is 16.4 Å². The molecule has 0 aromatic rings. The van der Waals surface area contributed by atoms with Crippen LogP contribution in [0.25, 0.3) is 0 Å². The summed E-state index contributed by atoms with van der Waals surface area (Å²) in [4.78, 5) is 10.3. The van der Waals surface area contributed by atoms with Crippen LogP contribution in [0.3, 0.4) is 0 Å². The molecule has 0 aliphatic rings. The third kappa shape index (κ3) is 39.7. The van der Waals surface area contributed by atoms with Crippen molar-refractivity contribution in [2.24, 2.45) is 0 Å². The summed E-state index contributed by atoms with van der Waals surface area (Å²) < 4.78 is 31.6. The van der Waals surface area contributed by atoms with Gasteiger partial charge in [-0.3, -0.25) is 13.9 Å². The van der Waals surface area contributed by atoms with Crippen molar-refractivity contribution in [3.05, 3.63) is 12.2 Å². The van der Waals surface area contributed by atoms with Gasteiger partial charge in [0.05, 0.1) is 0 Å². The van der Waals surface area contributed by atoms with Crippen LogP contribution in [0.4, 0.5) is 0 Å². The third-order valence-electron chi connectivity index (χ3n) is 3.65. The van der Waals surface area contributed by atoms with Crippen LogP contribution in [0, 0.1) is 0 Å². The Hall–Kier alpha value is -0.920. The molecule has 0 saturated heterocycles. The van der Waals surface area contributed by atoms with Gasteiger partial charge in [0.25, 0.3) is 0 Å². The maximum absolute atomic E-state index is 10.3. The summed E-state index contributed by atoms with van der Waals surface area (Å²) in [6.07, 6.45) is 21.2. The van der Waals surface area contributed by atoms with Crippen molar-refractivity contribution in [2.45, 2.75) is 96.8 Å². The lowest BCUT2D eigenvalue weighted by molar-refractivity contribution is -0.137. The summed E-state index contributed by atoms with van der Waals surface area (Å²) >= 11 is 0. The van der Waals surface area contributed by atoms with E-state index >= 15 is 0 Å². The van der Waals surface area contributed by atoms with Gasteiger partial charge in [0.1, 0.15) is 0 Å². The summed E-state index contributed by atoms with van der Waals surface area (Å²) in [5, 5.41) is 8.51. The fourth-order valence-corrected chi connectivity index (χ4v) is 2.35. The fraction of sp³-hybridized carbons (Fsp3) is 0.833. The zero-order chi connectivity index (χ0) is 19.4. The largest absolute Gasteiger partial charge is 0.481 e. The van der Waals surface area contributed by atoms with E-state index in [4.69, 9.17) is 22.6 Å². The van der Waals surface area contributed by atoms with Crippen LogP contribution in [0.5, 0.6) is 0 Å². The number of unbranched alkanes of at least 4 members (excludes halogenated alkanes) is 11. The normalized spacial score (nSPS) is 11.3. The van der Waals surface area contributed by atoms with Gasteiger partial charge in [-0.2, -0.15) is 8.42 Å². The number of carbonyl (C=O) groups is 1. The molecule has 0 radical (unpaired) electrons. The third-order valence-corrected chi connectivity index (χ3v) is 3.65. The van der Waals surface area contributed by atoms with E-state index in [-0.39, 0.29) is 0 Å². The molecular formula is C18H36O6S. The van der Waals surface area contributed by atoms with Gasteiger partial charge in [0.2, 0.25) is 0 Å². The van der Waals surface area contributed by atoms with Crippen LogP contribution >= 0.6 is 0 Å². The second-order valence-corrected chi connectivity index (χ2v) is 7.07. The van der Waals surface area contributed by atoms with E-state index in [0.717, 1.165) is 12.8 Å². The topological polar surface area (TPSA) is 112 Å². The van der Waals surface area contributed by atoms with Crippen molar-refractivity contribution in [3.8, 4) is 0 Å². The van der Waals surface area contributed by atoms with Gasteiger partial charge in [0.15, 0.2) is 0 Å². The fourth-order valence-electron chi connectivity index (χ4n) is 2.35. The van der Waals surface area contributed by atoms with Gasteiger partial charge in [-0.1, -0.05) is 70.4 Å². The van der Waals surface area contributed by atoms with E-state index in [2.05, 4.69) is 19.1 Å². The molecule has 3 N–H and O–H groups in total. The highest BCUT2D eigenvalue weighted by molar-refractivity contribution is 7.79. The molecule has 7 heteroatoms. The molecule has 0 aromatic heterocycles. The molecule has 0 bridgehead atoms. The quantitative estimate of drug-likeness (QED) is 0.198. The van der Waals surface area contributed by atoms with Gasteiger partial charge in [0, 0.05) is 6.42 Å². The van der Waals surface area contributed by atoms with Crippen LogP contribution in [-0.4, -0.2) is 28.6 Å². The highest BCUT2D eigenvalue weighted by Crippen LogP contribution is 2.09. The van der Waals surface area contributed by atoms with Crippen LogP contribution < -0.4 is 0 Å². The van der Waals surface area contributed by atoms with Crippen LogP contribution in [0.1, 0.15) is 96.8 Å². The number of aliphatic carboxylic acids is 1. The van der Waals surface area contributed by atoms with E-state index in [9.17, 15) is 4.79 Å². The smallest absolute Gasteiger partial charge is 0.394 e. The first-order valence-electron chi connectivity index (χ1n) is 9.34. The second kappa shape index (κ2) is 19.4. The summed E-state index contributed by atoms with van der Waals surface area (Å²) in [5.74, 6) is -0.664. The Labute approximate surface area is 153 Å². The van der Waals surface area contributed by atoms with Gasteiger partial charge in [-0.15, -0.1) is 0 Å². The molecule has 0 aromatic carbocycles. The van der Waals surface area contributed by atoms with Crippen molar-refractivity contribution < 1.29 is 27.4 Å². The summed E-state index contributed by atoms with van der Waals surface area (Å²) in [5.41, 5.74) is 0. The first-order chi connectivity index (χ1) is 11.8. The van der Waals surface area contributed by atoms with Crippen molar-refractivity contribution in [1.29, 1.82) is 0 Å². The van der Waals surface area contributed by atoms with Crippen LogP contribution in [0.15, 0.2) is 12.2 Å². The SMILES string of the molecule is CCCCCCCCC=CCCCCCCCC(=O)O.O=S(=O)(O)O. The predicted molar refractivity (Wildman–Crippen MR) is 101 cm³/mol. The average molecular weight is 381 g/mol. The van der Waals surface area contributed by atoms with E-state index in [1.54, 1.807) is 0 Å². The Balaban J connectivity index is 0. The van der Waals surface area contributed by atoms with Crippen molar-refractivity contribution in [2.75, 3.05) is 0 Å². The average Bonchev–Trinajstić information content (AvgIpc) is 2.49. The predicted octanol–water partition coefficient (Wildman–Crippen LogP) is 5.46. The number of hydrogen-bond donors (Lipinski definition) is 3. The van der Waals surface area contributed by atoms with Gasteiger partial charge in [-0.05, 0) is 32.1 Å². The lowest BCUT2D eigenvalue weighted by Crippen LogP contribution is -1.93. The maximum atomic E-state index is 10.3. The monoisotopic (exact) mass is 380 g/mol. The zero-order valence-electron chi connectivity index (χ0n) is 15.5. The second-order valence-electron chi connectivity index (χ2n) is 6.18. The first-order valence-corrected chi connectivity index (χ1v) is 10.7. The number of hydrogen-bond acceptors (Lipinski definition) is 3. The summed E-state index contributed by atoms with van der Waals surface area (Å²) in [6, 6.07) is 0. The molecule has 0 fully saturated rings. The molecule has 0 aliphatic heterocycles. The van der Waals surface area contributed by atoms with E-state index in [1.807, 2.05) is 0 Å². The molecule has 0 rings (SSSR count). The maximum Gasteiger partial charge on any atom is 0.394 e. The van der Waals surface area contributed by atoms with Gasteiger partial charge in [-0.25, -0.2) is 0 Å². The van der Waals surface area contributed by atoms with E-state index in [0.29, 0.717) is 6.42 Å². The molecule has 0 unspecified atom stereocenters.